The van der Waals surface area contributed by atoms with Crippen molar-refractivity contribution in [3.8, 4) is 5.75 Å². The molecule has 0 aromatic heterocycles. The molecule has 3 rings (SSSR count). The highest BCUT2D eigenvalue weighted by Crippen LogP contribution is 2.45. The zero-order valence-electron chi connectivity index (χ0n) is 17.3. The maximum absolute atomic E-state index is 12.2. The van der Waals surface area contributed by atoms with E-state index in [9.17, 15) is 4.39 Å². The molecule has 1 nitrogen and oxygen atoms in total. The molecule has 0 saturated heterocycles. The maximum atomic E-state index is 12.2. The van der Waals surface area contributed by atoms with Crippen LogP contribution in [0.5, 0.6) is 5.75 Å². The lowest BCUT2D eigenvalue weighted by atomic mass is 9.68. The van der Waals surface area contributed by atoms with E-state index in [1.165, 1.54) is 62.5 Å². The summed E-state index contributed by atoms with van der Waals surface area (Å²) in [5.41, 5.74) is 2.93. The number of benzene rings is 1. The van der Waals surface area contributed by atoms with Gasteiger partial charge < -0.3 is 4.74 Å². The Morgan fingerprint density at radius 3 is 2.30 bits per heavy atom. The zero-order valence-corrected chi connectivity index (χ0v) is 17.3. The summed E-state index contributed by atoms with van der Waals surface area (Å²) >= 11 is 0. The van der Waals surface area contributed by atoms with Crippen molar-refractivity contribution in [1.82, 2.24) is 0 Å². The van der Waals surface area contributed by atoms with Crippen LogP contribution in [0.1, 0.15) is 81.3 Å². The average molecular weight is 373 g/mol. The molecule has 0 aliphatic heterocycles. The number of rotatable bonds is 7. The lowest BCUT2D eigenvalue weighted by Gasteiger charge is -2.38. The second-order valence-electron chi connectivity index (χ2n) is 8.77. The van der Waals surface area contributed by atoms with Crippen LogP contribution >= 0.6 is 0 Å². The van der Waals surface area contributed by atoms with Gasteiger partial charge in [-0.1, -0.05) is 18.2 Å². The van der Waals surface area contributed by atoms with Gasteiger partial charge in [0, 0.05) is 0 Å². The molecule has 27 heavy (non-hydrogen) atoms. The first kappa shape index (κ1) is 20.4. The number of halogens is 1. The summed E-state index contributed by atoms with van der Waals surface area (Å²) in [7, 11) is 1.76. The number of allylic oxidation sites excluding steroid dienone is 2. The van der Waals surface area contributed by atoms with Crippen molar-refractivity contribution in [2.75, 3.05) is 13.8 Å². The standard InChI is InChI=1S/C25H37FO/c1-19-7-16-24(27-2)18-25(19)23-14-12-22(13-15-23)21-10-8-20(9-11-21)6-4-3-5-17-26/h4,6-7,16,18,20-23H,3,5,8-15,17H2,1-2H3/b6-4+/t20-,21-,22?,23?. The Morgan fingerprint density at radius 2 is 1.67 bits per heavy atom. The van der Waals surface area contributed by atoms with E-state index < -0.39 is 0 Å². The predicted octanol–water partition coefficient (Wildman–Crippen LogP) is 7.39. The molecule has 0 N–H and O–H groups in total. The molecule has 0 spiro atoms. The van der Waals surface area contributed by atoms with Gasteiger partial charge in [-0.05, 0) is 118 Å². The van der Waals surface area contributed by atoms with Gasteiger partial charge in [0.25, 0.3) is 0 Å². The van der Waals surface area contributed by atoms with Crippen LogP contribution in [0.25, 0.3) is 0 Å². The molecule has 0 heterocycles. The van der Waals surface area contributed by atoms with Crippen LogP contribution in [-0.2, 0) is 0 Å². The van der Waals surface area contributed by atoms with Gasteiger partial charge in [-0.25, -0.2) is 0 Å². The van der Waals surface area contributed by atoms with Crippen molar-refractivity contribution in [3.63, 3.8) is 0 Å². The third kappa shape index (κ3) is 5.59. The Kier molecular flexibility index (Phi) is 7.79. The summed E-state index contributed by atoms with van der Waals surface area (Å²) < 4.78 is 17.6. The summed E-state index contributed by atoms with van der Waals surface area (Å²) in [5.74, 6) is 4.33. The molecule has 2 fully saturated rings. The first-order chi connectivity index (χ1) is 13.2. The van der Waals surface area contributed by atoms with Crippen molar-refractivity contribution in [3.05, 3.63) is 41.5 Å². The van der Waals surface area contributed by atoms with Gasteiger partial charge in [0.1, 0.15) is 5.75 Å². The van der Waals surface area contributed by atoms with Crippen LogP contribution in [0.3, 0.4) is 0 Å². The molecule has 0 atom stereocenters. The molecule has 0 amide bonds. The summed E-state index contributed by atoms with van der Waals surface area (Å²) in [6.45, 7) is 2.05. The van der Waals surface area contributed by atoms with Gasteiger partial charge in [-0.15, -0.1) is 0 Å². The van der Waals surface area contributed by atoms with Crippen LogP contribution in [0.15, 0.2) is 30.4 Å². The number of aryl methyl sites for hydroxylation is 1. The summed E-state index contributed by atoms with van der Waals surface area (Å²) in [6, 6.07) is 6.55. The van der Waals surface area contributed by atoms with Crippen LogP contribution in [0.2, 0.25) is 0 Å². The molecule has 0 bridgehead atoms. The van der Waals surface area contributed by atoms with Gasteiger partial charge in [0.05, 0.1) is 13.8 Å². The largest absolute Gasteiger partial charge is 0.497 e. The molecule has 2 aliphatic rings. The summed E-state index contributed by atoms with van der Waals surface area (Å²) in [5, 5.41) is 0. The van der Waals surface area contributed by atoms with Crippen molar-refractivity contribution in [2.24, 2.45) is 17.8 Å². The van der Waals surface area contributed by atoms with E-state index in [2.05, 4.69) is 37.3 Å². The fourth-order valence-corrected chi connectivity index (χ4v) is 5.38. The first-order valence-electron chi connectivity index (χ1n) is 11.1. The summed E-state index contributed by atoms with van der Waals surface area (Å²) in [6.07, 6.45) is 17.1. The second-order valence-corrected chi connectivity index (χ2v) is 8.77. The Labute approximate surface area is 165 Å². The zero-order chi connectivity index (χ0) is 19.1. The van der Waals surface area contributed by atoms with E-state index in [0.717, 1.165) is 29.9 Å². The topological polar surface area (TPSA) is 9.23 Å². The van der Waals surface area contributed by atoms with E-state index in [1.807, 2.05) is 0 Å². The van der Waals surface area contributed by atoms with Crippen molar-refractivity contribution < 1.29 is 9.13 Å². The number of methoxy groups -OCH3 is 1. The van der Waals surface area contributed by atoms with E-state index in [1.54, 1.807) is 7.11 Å². The highest BCUT2D eigenvalue weighted by Gasteiger charge is 2.31. The fraction of sp³-hybridized carbons (Fsp3) is 0.680. The minimum absolute atomic E-state index is 0.185. The highest BCUT2D eigenvalue weighted by molar-refractivity contribution is 5.37. The average Bonchev–Trinajstić information content (AvgIpc) is 2.72. The third-order valence-corrected chi connectivity index (χ3v) is 7.09. The van der Waals surface area contributed by atoms with E-state index in [0.29, 0.717) is 12.3 Å². The van der Waals surface area contributed by atoms with Crippen molar-refractivity contribution >= 4 is 0 Å². The summed E-state index contributed by atoms with van der Waals surface area (Å²) in [4.78, 5) is 0. The SMILES string of the molecule is COc1ccc(C)c(C2CCC([C@H]3CC[C@H](/C=C/CCCF)CC3)CC2)c1. The minimum atomic E-state index is -0.185. The number of hydrogen-bond acceptors (Lipinski definition) is 1. The molecule has 1 aromatic rings. The predicted molar refractivity (Wildman–Crippen MR) is 112 cm³/mol. The van der Waals surface area contributed by atoms with Gasteiger partial charge in [-0.3, -0.25) is 4.39 Å². The number of hydrogen-bond donors (Lipinski definition) is 0. The molecule has 0 radical (unpaired) electrons. The maximum Gasteiger partial charge on any atom is 0.119 e. The Morgan fingerprint density at radius 1 is 1.00 bits per heavy atom. The third-order valence-electron chi connectivity index (χ3n) is 7.09. The quantitative estimate of drug-likeness (QED) is 0.358. The molecular weight excluding hydrogens is 335 g/mol. The van der Waals surface area contributed by atoms with Crippen LogP contribution in [0.4, 0.5) is 4.39 Å². The van der Waals surface area contributed by atoms with Crippen LogP contribution in [0, 0.1) is 24.7 Å². The number of unbranched alkanes of at least 4 members (excludes halogenated alkanes) is 1. The van der Waals surface area contributed by atoms with Crippen molar-refractivity contribution in [2.45, 2.75) is 77.0 Å². The van der Waals surface area contributed by atoms with Gasteiger partial charge >= 0.3 is 0 Å². The fourth-order valence-electron chi connectivity index (χ4n) is 5.38. The lowest BCUT2D eigenvalue weighted by molar-refractivity contribution is 0.171. The second kappa shape index (κ2) is 10.3. The first-order valence-corrected chi connectivity index (χ1v) is 11.1. The molecule has 150 valence electrons. The molecule has 1 aromatic carbocycles. The molecule has 2 saturated carbocycles. The smallest absolute Gasteiger partial charge is 0.119 e. The van der Waals surface area contributed by atoms with E-state index in [4.69, 9.17) is 4.74 Å². The van der Waals surface area contributed by atoms with Gasteiger partial charge in [-0.2, -0.15) is 0 Å². The van der Waals surface area contributed by atoms with Gasteiger partial charge in [0.2, 0.25) is 0 Å². The lowest BCUT2D eigenvalue weighted by Crippen LogP contribution is -2.25. The Balaban J connectivity index is 1.46. The van der Waals surface area contributed by atoms with E-state index >= 15 is 0 Å². The van der Waals surface area contributed by atoms with E-state index in [-0.39, 0.29) is 6.67 Å². The Bertz CT molecular complexity index is 592. The van der Waals surface area contributed by atoms with Gasteiger partial charge in [0.15, 0.2) is 0 Å². The minimum Gasteiger partial charge on any atom is -0.497 e. The van der Waals surface area contributed by atoms with Crippen molar-refractivity contribution in [1.29, 1.82) is 0 Å². The molecule has 2 heteroatoms. The number of ether oxygens (including phenoxy) is 1. The monoisotopic (exact) mass is 372 g/mol. The van der Waals surface area contributed by atoms with Crippen LogP contribution < -0.4 is 4.74 Å². The Hall–Kier alpha value is -1.31. The molecule has 2 aliphatic carbocycles. The number of alkyl halides is 1. The van der Waals surface area contributed by atoms with Crippen LogP contribution in [-0.4, -0.2) is 13.8 Å². The highest BCUT2D eigenvalue weighted by atomic mass is 19.1. The molecule has 0 unspecified atom stereocenters. The normalized spacial score (nSPS) is 29.1. The molecular formula is C25H37FO.